The summed E-state index contributed by atoms with van der Waals surface area (Å²) in [6.45, 7) is 4.17. The number of aromatic nitrogens is 3. The number of nitrogens with zero attached hydrogens (tertiary/aromatic N) is 3. The molecule has 178 valence electrons. The summed E-state index contributed by atoms with van der Waals surface area (Å²) in [4.78, 5) is 13.4. The number of carbonyl (C=O) groups excluding carboxylic acids is 1. The van der Waals surface area contributed by atoms with E-state index in [1.54, 1.807) is 16.8 Å². The van der Waals surface area contributed by atoms with Crippen molar-refractivity contribution in [2.75, 3.05) is 10.7 Å². The van der Waals surface area contributed by atoms with E-state index in [0.29, 0.717) is 16.7 Å². The van der Waals surface area contributed by atoms with E-state index in [1.165, 1.54) is 23.9 Å². The molecule has 0 saturated heterocycles. The fourth-order valence-electron chi connectivity index (χ4n) is 4.04. The van der Waals surface area contributed by atoms with E-state index in [4.69, 9.17) is 4.74 Å². The number of fused-ring (bicyclic) bond motifs is 1. The quantitative estimate of drug-likeness (QED) is 0.396. The maximum Gasteiger partial charge on any atom is 0.240 e. The van der Waals surface area contributed by atoms with Crippen LogP contribution in [0, 0.1) is 19.7 Å². The molecule has 2 heterocycles. The van der Waals surface area contributed by atoms with E-state index < -0.39 is 11.3 Å². The number of halogens is 1. The molecule has 0 saturated carbocycles. The summed E-state index contributed by atoms with van der Waals surface area (Å²) in [6.07, 6.45) is 0. The molecule has 3 aromatic carbocycles. The number of amides is 1. The van der Waals surface area contributed by atoms with Crippen molar-refractivity contribution in [2.45, 2.75) is 36.9 Å². The molecule has 0 radical (unpaired) electrons. The molecule has 2 atom stereocenters. The van der Waals surface area contributed by atoms with Crippen LogP contribution in [0.25, 0.3) is 0 Å². The van der Waals surface area contributed by atoms with E-state index >= 15 is 0 Å². The highest BCUT2D eigenvalue weighted by atomic mass is 32.2. The summed E-state index contributed by atoms with van der Waals surface area (Å²) in [6, 6.07) is 21.0. The third-order valence-corrected chi connectivity index (χ3v) is 6.81. The minimum atomic E-state index is -0.569. The fraction of sp³-hybridized carbons (Fsp3) is 0.192. The third-order valence-electron chi connectivity index (χ3n) is 5.59. The van der Waals surface area contributed by atoms with Crippen molar-refractivity contribution in [2.24, 2.45) is 0 Å². The van der Waals surface area contributed by atoms with Crippen molar-refractivity contribution in [3.63, 3.8) is 0 Å². The zero-order valence-electron chi connectivity index (χ0n) is 19.2. The minimum absolute atomic E-state index is 0.182. The molecule has 1 aromatic heterocycles. The molecule has 2 N–H and O–H groups in total. The summed E-state index contributed by atoms with van der Waals surface area (Å²) < 4.78 is 21.2. The number of para-hydroxylation sites is 1. The van der Waals surface area contributed by atoms with Crippen molar-refractivity contribution < 1.29 is 13.9 Å². The second-order valence-corrected chi connectivity index (χ2v) is 9.51. The average Bonchev–Trinajstić information content (AvgIpc) is 3.24. The Hall–Kier alpha value is -3.85. The van der Waals surface area contributed by atoms with Crippen LogP contribution in [0.5, 0.6) is 5.75 Å². The SMILES string of the molecule is Cc1cc(C)cc(NC(=O)[C@@H]2Sc3nnc(COc4ccccc4)n3N[C@H]2c2ccc(F)cc2)c1. The second kappa shape index (κ2) is 9.79. The van der Waals surface area contributed by atoms with Gasteiger partial charge in [0.25, 0.3) is 0 Å². The van der Waals surface area contributed by atoms with Crippen LogP contribution in [0.1, 0.15) is 28.6 Å². The van der Waals surface area contributed by atoms with Crippen LogP contribution >= 0.6 is 11.8 Å². The van der Waals surface area contributed by atoms with Gasteiger partial charge in [-0.15, -0.1) is 10.2 Å². The molecule has 1 aliphatic heterocycles. The molecular weight excluding hydrogens is 465 g/mol. The van der Waals surface area contributed by atoms with Gasteiger partial charge < -0.3 is 15.5 Å². The van der Waals surface area contributed by atoms with Gasteiger partial charge >= 0.3 is 0 Å². The topological polar surface area (TPSA) is 81.1 Å². The van der Waals surface area contributed by atoms with Crippen molar-refractivity contribution in [3.05, 3.63) is 101 Å². The van der Waals surface area contributed by atoms with Gasteiger partial charge in [-0.25, -0.2) is 9.07 Å². The number of thioether (sulfide) groups is 1. The van der Waals surface area contributed by atoms with Crippen LogP contribution in [-0.4, -0.2) is 26.0 Å². The van der Waals surface area contributed by atoms with Gasteiger partial charge in [0.1, 0.15) is 23.4 Å². The number of anilines is 1. The van der Waals surface area contributed by atoms with Gasteiger partial charge in [-0.1, -0.05) is 48.2 Å². The predicted molar refractivity (Wildman–Crippen MR) is 133 cm³/mol. The number of benzene rings is 3. The maximum atomic E-state index is 13.6. The van der Waals surface area contributed by atoms with Crippen LogP contribution in [-0.2, 0) is 11.4 Å². The van der Waals surface area contributed by atoms with Crippen molar-refractivity contribution in [3.8, 4) is 5.75 Å². The smallest absolute Gasteiger partial charge is 0.240 e. The summed E-state index contributed by atoms with van der Waals surface area (Å²) in [7, 11) is 0. The van der Waals surface area contributed by atoms with Gasteiger partial charge in [-0.05, 0) is 66.9 Å². The molecule has 4 aromatic rings. The highest BCUT2D eigenvalue weighted by Crippen LogP contribution is 2.38. The zero-order chi connectivity index (χ0) is 24.4. The molecule has 1 aliphatic rings. The van der Waals surface area contributed by atoms with E-state index in [0.717, 1.165) is 22.4 Å². The van der Waals surface area contributed by atoms with Crippen molar-refractivity contribution in [1.29, 1.82) is 0 Å². The fourth-order valence-corrected chi connectivity index (χ4v) is 5.14. The Bertz CT molecular complexity index is 1320. The van der Waals surface area contributed by atoms with Crippen molar-refractivity contribution >= 4 is 23.4 Å². The Morgan fingerprint density at radius 3 is 2.49 bits per heavy atom. The number of nitrogens with one attached hydrogen (secondary N) is 2. The molecule has 35 heavy (non-hydrogen) atoms. The summed E-state index contributed by atoms with van der Waals surface area (Å²) in [5.74, 6) is 0.763. The minimum Gasteiger partial charge on any atom is -0.486 e. The first-order chi connectivity index (χ1) is 17.0. The normalized spacial score (nSPS) is 16.8. The van der Waals surface area contributed by atoms with E-state index in [2.05, 4.69) is 27.0 Å². The van der Waals surface area contributed by atoms with Gasteiger partial charge in [0.05, 0.1) is 6.04 Å². The molecule has 0 aliphatic carbocycles. The van der Waals surface area contributed by atoms with Gasteiger partial charge in [0.15, 0.2) is 5.82 Å². The molecule has 5 rings (SSSR count). The Balaban J connectivity index is 1.42. The number of hydrogen-bond donors (Lipinski definition) is 2. The lowest BCUT2D eigenvalue weighted by Gasteiger charge is -2.33. The lowest BCUT2D eigenvalue weighted by Crippen LogP contribution is -2.41. The first-order valence-corrected chi connectivity index (χ1v) is 12.0. The van der Waals surface area contributed by atoms with E-state index in [1.807, 2.05) is 56.3 Å². The molecule has 0 fully saturated rings. The van der Waals surface area contributed by atoms with Gasteiger partial charge in [0.2, 0.25) is 11.1 Å². The Morgan fingerprint density at radius 1 is 1.06 bits per heavy atom. The van der Waals surface area contributed by atoms with Gasteiger partial charge in [-0.3, -0.25) is 4.79 Å². The standard InChI is InChI=1S/C26H24FN5O2S/c1-16-12-17(2)14-20(13-16)28-25(33)24-23(18-8-10-19(27)11-9-18)31-32-22(29-30-26(32)35-24)15-34-21-6-4-3-5-7-21/h3-14,23-24,31H,15H2,1-2H3,(H,28,33)/t23-,24+/m0/s1. The lowest BCUT2D eigenvalue weighted by molar-refractivity contribution is -0.116. The van der Waals surface area contributed by atoms with Crippen LogP contribution in [0.15, 0.2) is 78.0 Å². The molecule has 0 unspecified atom stereocenters. The average molecular weight is 490 g/mol. The summed E-state index contributed by atoms with van der Waals surface area (Å²) >= 11 is 1.31. The monoisotopic (exact) mass is 489 g/mol. The lowest BCUT2D eigenvalue weighted by atomic mass is 10.0. The third kappa shape index (κ3) is 5.14. The Kier molecular flexibility index (Phi) is 6.41. The molecular formula is C26H24FN5O2S. The zero-order valence-corrected chi connectivity index (χ0v) is 20.1. The van der Waals surface area contributed by atoms with Crippen molar-refractivity contribution in [1.82, 2.24) is 14.9 Å². The number of carbonyl (C=O) groups is 1. The molecule has 0 spiro atoms. The second-order valence-electron chi connectivity index (χ2n) is 8.40. The molecule has 9 heteroatoms. The number of hydrogen-bond acceptors (Lipinski definition) is 6. The summed E-state index contributed by atoms with van der Waals surface area (Å²) in [5, 5.41) is 11.6. The molecule has 1 amide bonds. The number of ether oxygens (including phenoxy) is 1. The number of rotatable bonds is 6. The van der Waals surface area contributed by atoms with E-state index in [-0.39, 0.29) is 18.3 Å². The predicted octanol–water partition coefficient (Wildman–Crippen LogP) is 5.01. The highest BCUT2D eigenvalue weighted by molar-refractivity contribution is 8.00. The van der Waals surface area contributed by atoms with E-state index in [9.17, 15) is 9.18 Å². The molecule has 7 nitrogen and oxygen atoms in total. The summed E-state index contributed by atoms with van der Waals surface area (Å²) in [5.41, 5.74) is 6.99. The van der Waals surface area contributed by atoms with Crippen LogP contribution in [0.4, 0.5) is 10.1 Å². The largest absolute Gasteiger partial charge is 0.486 e. The first-order valence-electron chi connectivity index (χ1n) is 11.2. The van der Waals surface area contributed by atoms with Crippen LogP contribution in [0.2, 0.25) is 0 Å². The first kappa shape index (κ1) is 22.9. The van der Waals surface area contributed by atoms with Crippen LogP contribution in [0.3, 0.4) is 0 Å². The number of aryl methyl sites for hydroxylation is 2. The van der Waals surface area contributed by atoms with Gasteiger partial charge in [0, 0.05) is 5.69 Å². The highest BCUT2D eigenvalue weighted by Gasteiger charge is 2.38. The van der Waals surface area contributed by atoms with Gasteiger partial charge in [-0.2, -0.15) is 0 Å². The maximum absolute atomic E-state index is 13.6. The Labute approximate surface area is 206 Å². The van der Waals surface area contributed by atoms with Crippen LogP contribution < -0.4 is 15.5 Å². The molecule has 0 bridgehead atoms. The Morgan fingerprint density at radius 2 is 1.77 bits per heavy atom.